The first kappa shape index (κ1) is 3.11. The molecule has 0 heterocycles. The molecule has 3 aliphatic carbocycles. The summed E-state index contributed by atoms with van der Waals surface area (Å²) >= 11 is 0. The van der Waals surface area contributed by atoms with Gasteiger partial charge in [0.15, 0.2) is 0 Å². The molecule has 0 N–H and O–H groups in total. The van der Waals surface area contributed by atoms with Crippen molar-refractivity contribution in [1.82, 2.24) is 0 Å². The number of hydrogen-bond donors (Lipinski definition) is 0. The van der Waals surface area contributed by atoms with Crippen LogP contribution < -0.4 is 0 Å². The van der Waals surface area contributed by atoms with Crippen LogP contribution >= 0.6 is 0 Å². The zero-order valence-electron chi connectivity index (χ0n) is 4.65. The lowest BCUT2D eigenvalue weighted by Crippen LogP contribution is -2.30. The third-order valence-corrected chi connectivity index (χ3v) is 3.93. The molecule has 38 valence electrons. The standard InChI is InChI=1S/C7H10/c1-7-4-2-5(7)6(7)3-4/h4-6H,2-3H2,1H3. The Labute approximate surface area is 43.9 Å². The molecule has 0 aromatic carbocycles. The molecule has 3 fully saturated rings. The van der Waals surface area contributed by atoms with Crippen molar-refractivity contribution in [3.05, 3.63) is 0 Å². The zero-order chi connectivity index (χ0) is 4.65. The molecule has 0 aromatic rings. The molecule has 2 unspecified atom stereocenters. The van der Waals surface area contributed by atoms with Crippen molar-refractivity contribution in [3.8, 4) is 0 Å². The van der Waals surface area contributed by atoms with Gasteiger partial charge in [0, 0.05) is 0 Å². The predicted molar refractivity (Wildman–Crippen MR) is 27.8 cm³/mol. The number of hydrogen-bond acceptors (Lipinski definition) is 0. The van der Waals surface area contributed by atoms with Crippen LogP contribution in [0.3, 0.4) is 0 Å². The Morgan fingerprint density at radius 1 is 1.29 bits per heavy atom. The minimum absolute atomic E-state index is 0.944. The van der Waals surface area contributed by atoms with Crippen molar-refractivity contribution in [3.63, 3.8) is 0 Å². The number of rotatable bonds is 0. The van der Waals surface area contributed by atoms with Crippen LogP contribution in [0.25, 0.3) is 0 Å². The summed E-state index contributed by atoms with van der Waals surface area (Å²) in [7, 11) is 0. The van der Waals surface area contributed by atoms with Gasteiger partial charge in [0.05, 0.1) is 0 Å². The second-order valence-electron chi connectivity index (χ2n) is 3.75. The average molecular weight is 94.2 g/mol. The van der Waals surface area contributed by atoms with E-state index >= 15 is 0 Å². The molecular formula is C7H10. The first-order valence-electron chi connectivity index (χ1n) is 3.33. The highest BCUT2D eigenvalue weighted by Gasteiger charge is 2.80. The van der Waals surface area contributed by atoms with E-state index in [9.17, 15) is 0 Å². The lowest BCUT2D eigenvalue weighted by atomic mass is 9.67. The largest absolute Gasteiger partial charge is 0.0588 e. The molecule has 3 saturated carbocycles. The fourth-order valence-electron chi connectivity index (χ4n) is 3.06. The Balaban J connectivity index is 2.17. The topological polar surface area (TPSA) is 0 Å². The summed E-state index contributed by atoms with van der Waals surface area (Å²) < 4.78 is 0. The van der Waals surface area contributed by atoms with Crippen LogP contribution in [0.2, 0.25) is 0 Å². The summed E-state index contributed by atoms with van der Waals surface area (Å²) in [5.41, 5.74) is 0.944. The van der Waals surface area contributed by atoms with E-state index in [0.717, 1.165) is 5.41 Å². The van der Waals surface area contributed by atoms with Crippen molar-refractivity contribution >= 4 is 0 Å². The van der Waals surface area contributed by atoms with Gasteiger partial charge in [-0.1, -0.05) is 6.92 Å². The second-order valence-corrected chi connectivity index (χ2v) is 3.75. The minimum Gasteiger partial charge on any atom is -0.0588 e. The van der Waals surface area contributed by atoms with Crippen LogP contribution in [0.5, 0.6) is 0 Å². The molecule has 2 atom stereocenters. The Bertz CT molecular complexity index is 115. The van der Waals surface area contributed by atoms with Gasteiger partial charge in [0.25, 0.3) is 0 Å². The highest BCUT2D eigenvalue weighted by Crippen LogP contribution is 2.86. The molecule has 3 aliphatic rings. The lowest BCUT2D eigenvalue weighted by Gasteiger charge is -2.37. The van der Waals surface area contributed by atoms with E-state index in [1.165, 1.54) is 17.8 Å². The van der Waals surface area contributed by atoms with Gasteiger partial charge in [-0.05, 0) is 36.0 Å². The smallest absolute Gasteiger partial charge is 0.0235 e. The van der Waals surface area contributed by atoms with Crippen molar-refractivity contribution in [1.29, 1.82) is 0 Å². The molecule has 0 spiro atoms. The van der Waals surface area contributed by atoms with E-state index in [2.05, 4.69) is 6.92 Å². The molecule has 0 bridgehead atoms. The van der Waals surface area contributed by atoms with Crippen molar-refractivity contribution < 1.29 is 0 Å². The lowest BCUT2D eigenvalue weighted by molar-refractivity contribution is 0.112. The van der Waals surface area contributed by atoms with Crippen LogP contribution in [-0.4, -0.2) is 0 Å². The third kappa shape index (κ3) is 0.122. The maximum absolute atomic E-state index is 2.47. The van der Waals surface area contributed by atoms with E-state index in [-0.39, 0.29) is 0 Å². The van der Waals surface area contributed by atoms with Gasteiger partial charge in [-0.15, -0.1) is 0 Å². The zero-order valence-corrected chi connectivity index (χ0v) is 4.65. The average Bonchev–Trinajstić information content (AvgIpc) is 2.27. The Hall–Kier alpha value is 0. The van der Waals surface area contributed by atoms with Crippen LogP contribution in [0, 0.1) is 23.2 Å². The van der Waals surface area contributed by atoms with Crippen molar-refractivity contribution in [2.45, 2.75) is 19.8 Å². The van der Waals surface area contributed by atoms with E-state index < -0.39 is 0 Å². The maximum Gasteiger partial charge on any atom is -0.0235 e. The van der Waals surface area contributed by atoms with E-state index in [0.29, 0.717) is 0 Å². The minimum atomic E-state index is 0.944. The quantitative estimate of drug-likeness (QED) is 0.428. The number of fused-ring (bicyclic) bond motifs is 1. The van der Waals surface area contributed by atoms with E-state index in [1.807, 2.05) is 0 Å². The third-order valence-electron chi connectivity index (χ3n) is 3.93. The highest BCUT2D eigenvalue weighted by atomic mass is 14.8. The first-order chi connectivity index (χ1) is 3.33. The van der Waals surface area contributed by atoms with E-state index in [4.69, 9.17) is 0 Å². The van der Waals surface area contributed by atoms with Gasteiger partial charge in [-0.2, -0.15) is 0 Å². The van der Waals surface area contributed by atoms with Gasteiger partial charge in [0.1, 0.15) is 0 Å². The van der Waals surface area contributed by atoms with Crippen molar-refractivity contribution in [2.75, 3.05) is 0 Å². The van der Waals surface area contributed by atoms with Gasteiger partial charge in [-0.25, -0.2) is 0 Å². The Morgan fingerprint density at radius 3 is 1.86 bits per heavy atom. The molecular weight excluding hydrogens is 84.1 g/mol. The molecule has 0 aliphatic heterocycles. The van der Waals surface area contributed by atoms with Gasteiger partial charge in [0.2, 0.25) is 0 Å². The summed E-state index contributed by atoms with van der Waals surface area (Å²) in [5.74, 6) is 3.64. The molecule has 0 heteroatoms. The van der Waals surface area contributed by atoms with Gasteiger partial charge in [-0.3, -0.25) is 0 Å². The predicted octanol–water partition coefficient (Wildman–Crippen LogP) is 1.66. The Kier molecular flexibility index (Phi) is 0.231. The summed E-state index contributed by atoms with van der Waals surface area (Å²) in [6.45, 7) is 2.47. The fraction of sp³-hybridized carbons (Fsp3) is 1.00. The van der Waals surface area contributed by atoms with Crippen LogP contribution in [0.1, 0.15) is 19.8 Å². The van der Waals surface area contributed by atoms with Crippen LogP contribution in [-0.2, 0) is 0 Å². The fourth-order valence-corrected chi connectivity index (χ4v) is 3.06. The first-order valence-corrected chi connectivity index (χ1v) is 3.33. The Morgan fingerprint density at radius 2 is 1.86 bits per heavy atom. The molecule has 0 aromatic heterocycles. The summed E-state index contributed by atoms with van der Waals surface area (Å²) in [5, 5.41) is 0. The van der Waals surface area contributed by atoms with Crippen LogP contribution in [0.15, 0.2) is 0 Å². The van der Waals surface area contributed by atoms with Gasteiger partial charge < -0.3 is 0 Å². The molecule has 0 saturated heterocycles. The normalized spacial score (nSPS) is 81.0. The van der Waals surface area contributed by atoms with Gasteiger partial charge >= 0.3 is 0 Å². The SMILES string of the molecule is CC12C3CC1C2C3. The second kappa shape index (κ2) is 0.519. The van der Waals surface area contributed by atoms with Crippen LogP contribution in [0.4, 0.5) is 0 Å². The highest BCUT2D eigenvalue weighted by molar-refractivity contribution is 5.28. The molecule has 0 amide bonds. The van der Waals surface area contributed by atoms with Crippen molar-refractivity contribution in [2.24, 2.45) is 23.2 Å². The summed E-state index contributed by atoms with van der Waals surface area (Å²) in [4.78, 5) is 0. The maximum atomic E-state index is 2.47. The molecule has 7 heavy (non-hydrogen) atoms. The van der Waals surface area contributed by atoms with E-state index in [1.54, 1.807) is 12.8 Å². The molecule has 0 nitrogen and oxygen atoms in total. The monoisotopic (exact) mass is 94.1 g/mol. The summed E-state index contributed by atoms with van der Waals surface area (Å²) in [6, 6.07) is 0. The molecule has 0 radical (unpaired) electrons. The molecule has 3 rings (SSSR count). The summed E-state index contributed by atoms with van der Waals surface area (Å²) in [6.07, 6.45) is 3.20.